The number of rotatable bonds is 4. The Balaban J connectivity index is 1.58. The number of halogens is 1. The molecule has 2 N–H and O–H groups in total. The zero-order valence-electron chi connectivity index (χ0n) is 12.2. The third-order valence-corrected chi connectivity index (χ3v) is 4.89. The molecular weight excluding hydrogens is 332 g/mol. The molecular formula is C16H21BrN2O2. The van der Waals surface area contributed by atoms with Gasteiger partial charge in [-0.2, -0.15) is 0 Å². The van der Waals surface area contributed by atoms with Crippen molar-refractivity contribution < 1.29 is 9.53 Å². The highest BCUT2D eigenvalue weighted by Crippen LogP contribution is 2.33. The highest BCUT2D eigenvalue weighted by atomic mass is 79.9. The number of hydrogen-bond donors (Lipinski definition) is 2. The molecule has 0 aromatic heterocycles. The molecule has 2 unspecified atom stereocenters. The number of methoxy groups -OCH3 is 1. The van der Waals surface area contributed by atoms with Crippen LogP contribution in [0.2, 0.25) is 0 Å². The van der Waals surface area contributed by atoms with Crippen molar-refractivity contribution in [2.45, 2.75) is 44.2 Å². The standard InChI is InChI=1S/C16H21BrN2O2/c1-21-15-8-11(17)7-14(9-15)19-16(20)6-10-4-12-2-3-13(5-10)18-12/h7-10,12-13,18H,2-6H2,1H3,(H,19,20). The van der Waals surface area contributed by atoms with Gasteiger partial charge in [0.25, 0.3) is 0 Å². The summed E-state index contributed by atoms with van der Waals surface area (Å²) >= 11 is 3.43. The van der Waals surface area contributed by atoms with Crippen LogP contribution in [-0.2, 0) is 4.79 Å². The van der Waals surface area contributed by atoms with Gasteiger partial charge in [-0.1, -0.05) is 15.9 Å². The summed E-state index contributed by atoms with van der Waals surface area (Å²) in [7, 11) is 1.62. The predicted molar refractivity (Wildman–Crippen MR) is 86.6 cm³/mol. The molecule has 3 rings (SSSR count). The minimum atomic E-state index is 0.0986. The Morgan fingerprint density at radius 3 is 2.71 bits per heavy atom. The summed E-state index contributed by atoms with van der Waals surface area (Å²) in [5, 5.41) is 6.60. The first-order chi connectivity index (χ1) is 10.1. The summed E-state index contributed by atoms with van der Waals surface area (Å²) in [4.78, 5) is 12.2. The molecule has 114 valence electrons. The molecule has 0 aliphatic carbocycles. The lowest BCUT2D eigenvalue weighted by Crippen LogP contribution is -2.39. The largest absolute Gasteiger partial charge is 0.497 e. The third kappa shape index (κ3) is 3.77. The van der Waals surface area contributed by atoms with Gasteiger partial charge in [0.2, 0.25) is 5.91 Å². The fourth-order valence-corrected chi connectivity index (χ4v) is 4.04. The lowest BCUT2D eigenvalue weighted by Gasteiger charge is -2.28. The monoisotopic (exact) mass is 352 g/mol. The lowest BCUT2D eigenvalue weighted by molar-refractivity contribution is -0.117. The van der Waals surface area contributed by atoms with Gasteiger partial charge in [0.1, 0.15) is 5.75 Å². The van der Waals surface area contributed by atoms with Crippen LogP contribution in [0, 0.1) is 5.92 Å². The highest BCUT2D eigenvalue weighted by molar-refractivity contribution is 9.10. The Morgan fingerprint density at radius 1 is 1.33 bits per heavy atom. The van der Waals surface area contributed by atoms with Gasteiger partial charge in [-0.25, -0.2) is 0 Å². The van der Waals surface area contributed by atoms with E-state index in [4.69, 9.17) is 4.74 Å². The third-order valence-electron chi connectivity index (χ3n) is 4.44. The molecule has 2 aliphatic heterocycles. The summed E-state index contributed by atoms with van der Waals surface area (Å²) in [6.45, 7) is 0. The van der Waals surface area contributed by atoms with E-state index in [1.54, 1.807) is 7.11 Å². The van der Waals surface area contributed by atoms with Crippen molar-refractivity contribution in [1.82, 2.24) is 5.32 Å². The van der Waals surface area contributed by atoms with E-state index in [9.17, 15) is 4.79 Å². The maximum Gasteiger partial charge on any atom is 0.224 e. The van der Waals surface area contributed by atoms with Crippen LogP contribution in [0.3, 0.4) is 0 Å². The number of nitrogens with one attached hydrogen (secondary N) is 2. The van der Waals surface area contributed by atoms with E-state index >= 15 is 0 Å². The zero-order valence-corrected chi connectivity index (χ0v) is 13.8. The van der Waals surface area contributed by atoms with Gasteiger partial charge >= 0.3 is 0 Å². The van der Waals surface area contributed by atoms with Crippen molar-refractivity contribution in [3.63, 3.8) is 0 Å². The summed E-state index contributed by atoms with van der Waals surface area (Å²) in [6.07, 6.45) is 5.41. The molecule has 2 saturated heterocycles. The van der Waals surface area contributed by atoms with E-state index < -0.39 is 0 Å². The normalized spacial score (nSPS) is 27.4. The maximum atomic E-state index is 12.2. The van der Waals surface area contributed by atoms with Crippen LogP contribution < -0.4 is 15.4 Å². The summed E-state index contributed by atoms with van der Waals surface area (Å²) in [5.74, 6) is 1.35. The minimum absolute atomic E-state index is 0.0986. The molecule has 2 fully saturated rings. The summed E-state index contributed by atoms with van der Waals surface area (Å²) in [6, 6.07) is 6.88. The number of hydrogen-bond acceptors (Lipinski definition) is 3. The maximum absolute atomic E-state index is 12.2. The number of ether oxygens (including phenoxy) is 1. The Kier molecular flexibility index (Phi) is 4.50. The molecule has 0 spiro atoms. The summed E-state index contributed by atoms with van der Waals surface area (Å²) in [5.41, 5.74) is 0.781. The molecule has 1 amide bonds. The Morgan fingerprint density at radius 2 is 2.05 bits per heavy atom. The number of carbonyl (C=O) groups excluding carboxylic acids is 1. The minimum Gasteiger partial charge on any atom is -0.497 e. The summed E-state index contributed by atoms with van der Waals surface area (Å²) < 4.78 is 6.11. The fourth-order valence-electron chi connectivity index (χ4n) is 3.57. The van der Waals surface area contributed by atoms with Crippen LogP contribution >= 0.6 is 15.9 Å². The zero-order chi connectivity index (χ0) is 14.8. The molecule has 1 aromatic rings. The highest BCUT2D eigenvalue weighted by Gasteiger charge is 2.34. The SMILES string of the molecule is COc1cc(Br)cc(NC(=O)CC2CC3CCC(C2)N3)c1. The number of carbonyl (C=O) groups is 1. The number of amides is 1. The predicted octanol–water partition coefficient (Wildman–Crippen LogP) is 3.32. The average molecular weight is 353 g/mol. The molecule has 21 heavy (non-hydrogen) atoms. The van der Waals surface area contributed by atoms with Crippen molar-refractivity contribution in [1.29, 1.82) is 0 Å². The Labute approximate surface area is 133 Å². The fraction of sp³-hybridized carbons (Fsp3) is 0.562. The molecule has 0 radical (unpaired) electrons. The first-order valence-corrected chi connectivity index (χ1v) is 8.32. The van der Waals surface area contributed by atoms with Gasteiger partial charge < -0.3 is 15.4 Å². The second kappa shape index (κ2) is 6.36. The van der Waals surface area contributed by atoms with Crippen LogP contribution in [0.5, 0.6) is 5.75 Å². The molecule has 2 heterocycles. The number of anilines is 1. The van der Waals surface area contributed by atoms with Gasteiger partial charge in [-0.15, -0.1) is 0 Å². The quantitative estimate of drug-likeness (QED) is 0.873. The molecule has 2 bridgehead atoms. The Hall–Kier alpha value is -1.07. The first kappa shape index (κ1) is 14.9. The van der Waals surface area contributed by atoms with E-state index in [-0.39, 0.29) is 5.91 Å². The van der Waals surface area contributed by atoms with E-state index in [2.05, 4.69) is 26.6 Å². The molecule has 2 aliphatic rings. The van der Waals surface area contributed by atoms with Crippen LogP contribution in [0.25, 0.3) is 0 Å². The molecule has 1 aromatic carbocycles. The van der Waals surface area contributed by atoms with Crippen molar-refractivity contribution in [3.8, 4) is 5.75 Å². The van der Waals surface area contributed by atoms with Crippen molar-refractivity contribution in [2.24, 2.45) is 5.92 Å². The van der Waals surface area contributed by atoms with Gasteiger partial charge in [0.15, 0.2) is 0 Å². The van der Waals surface area contributed by atoms with Crippen molar-refractivity contribution in [2.75, 3.05) is 12.4 Å². The molecule has 0 saturated carbocycles. The van der Waals surface area contributed by atoms with Gasteiger partial charge in [-0.3, -0.25) is 4.79 Å². The van der Waals surface area contributed by atoms with E-state index in [0.717, 1.165) is 28.8 Å². The molecule has 4 nitrogen and oxygen atoms in total. The molecule has 2 atom stereocenters. The smallest absolute Gasteiger partial charge is 0.224 e. The first-order valence-electron chi connectivity index (χ1n) is 7.53. The van der Waals surface area contributed by atoms with Gasteiger partial charge in [0, 0.05) is 34.7 Å². The van der Waals surface area contributed by atoms with E-state index in [1.807, 2.05) is 18.2 Å². The second-order valence-electron chi connectivity index (χ2n) is 6.11. The van der Waals surface area contributed by atoms with Crippen LogP contribution in [0.1, 0.15) is 32.1 Å². The Bertz CT molecular complexity index is 523. The van der Waals surface area contributed by atoms with Crippen LogP contribution in [-0.4, -0.2) is 25.1 Å². The number of fused-ring (bicyclic) bond motifs is 2. The van der Waals surface area contributed by atoms with Gasteiger partial charge in [-0.05, 0) is 43.7 Å². The van der Waals surface area contributed by atoms with Crippen molar-refractivity contribution in [3.05, 3.63) is 22.7 Å². The lowest BCUT2D eigenvalue weighted by atomic mass is 9.89. The number of piperidine rings is 1. The second-order valence-corrected chi connectivity index (χ2v) is 7.02. The van der Waals surface area contributed by atoms with E-state index in [1.165, 1.54) is 12.8 Å². The van der Waals surface area contributed by atoms with Gasteiger partial charge in [0.05, 0.1) is 7.11 Å². The topological polar surface area (TPSA) is 50.4 Å². The average Bonchev–Trinajstić information content (AvgIpc) is 2.77. The van der Waals surface area contributed by atoms with Crippen LogP contribution in [0.15, 0.2) is 22.7 Å². The number of benzene rings is 1. The van der Waals surface area contributed by atoms with E-state index in [0.29, 0.717) is 24.4 Å². The molecule has 5 heteroatoms. The van der Waals surface area contributed by atoms with Crippen molar-refractivity contribution >= 4 is 27.5 Å². The van der Waals surface area contributed by atoms with Crippen LogP contribution in [0.4, 0.5) is 5.69 Å².